The van der Waals surface area contributed by atoms with Gasteiger partial charge in [0.15, 0.2) is 0 Å². The Morgan fingerprint density at radius 3 is 2.82 bits per heavy atom. The Morgan fingerprint density at radius 2 is 2.27 bits per heavy atom. The van der Waals surface area contributed by atoms with Gasteiger partial charge in [0.1, 0.15) is 0 Å². The van der Waals surface area contributed by atoms with E-state index in [1.807, 2.05) is 18.2 Å². The first-order valence-electron chi connectivity index (χ1n) is 3.23. The summed E-state index contributed by atoms with van der Waals surface area (Å²) in [5.74, 6) is 0. The van der Waals surface area contributed by atoms with Crippen LogP contribution >= 0.6 is 15.9 Å². The summed E-state index contributed by atoms with van der Waals surface area (Å²) in [6, 6.07) is 0. The number of hydrogen-bond donors (Lipinski definition) is 1. The highest BCUT2D eigenvalue weighted by Crippen LogP contribution is 2.16. The Kier molecular flexibility index (Phi) is 2.65. The summed E-state index contributed by atoms with van der Waals surface area (Å²) in [4.78, 5) is 0. The zero-order chi connectivity index (χ0) is 8.27. The van der Waals surface area contributed by atoms with E-state index in [-0.39, 0.29) is 0 Å². The van der Waals surface area contributed by atoms with Gasteiger partial charge in [-0.25, -0.2) is 0 Å². The van der Waals surface area contributed by atoms with Gasteiger partial charge in [-0.1, -0.05) is 22.5 Å². The smallest absolute Gasteiger partial charge is 0.0896 e. The molecule has 0 unspecified atom stereocenters. The summed E-state index contributed by atoms with van der Waals surface area (Å²) in [6.07, 6.45) is 5.77. The standard InChI is InChI=1S/C8H9BrN2/c1-6-5-7(9)3-4-8(6)11-10-2/h3-5,10H,1H2,2H3/b11-8-. The molecule has 1 aliphatic carbocycles. The molecule has 58 valence electrons. The van der Waals surface area contributed by atoms with E-state index in [1.54, 1.807) is 7.05 Å². The number of allylic oxidation sites excluding steroid dienone is 5. The highest BCUT2D eigenvalue weighted by molar-refractivity contribution is 9.11. The predicted octanol–water partition coefficient (Wildman–Crippen LogP) is 1.97. The third kappa shape index (κ3) is 2.05. The molecule has 0 amide bonds. The van der Waals surface area contributed by atoms with Gasteiger partial charge in [0, 0.05) is 11.5 Å². The number of nitrogens with zero attached hydrogens (tertiary/aromatic N) is 1. The maximum atomic E-state index is 4.01. The molecule has 1 rings (SSSR count). The lowest BCUT2D eigenvalue weighted by molar-refractivity contribution is 0.902. The minimum absolute atomic E-state index is 0.871. The second-order valence-electron chi connectivity index (χ2n) is 2.11. The van der Waals surface area contributed by atoms with Crippen molar-refractivity contribution in [2.45, 2.75) is 0 Å². The highest BCUT2D eigenvalue weighted by Gasteiger charge is 2.03. The maximum Gasteiger partial charge on any atom is 0.0896 e. The van der Waals surface area contributed by atoms with Crippen molar-refractivity contribution in [1.82, 2.24) is 5.43 Å². The molecule has 0 aromatic rings. The summed E-state index contributed by atoms with van der Waals surface area (Å²) in [5.41, 5.74) is 4.50. The molecule has 0 aliphatic heterocycles. The maximum absolute atomic E-state index is 4.01. The van der Waals surface area contributed by atoms with Crippen LogP contribution in [0, 0.1) is 0 Å². The quantitative estimate of drug-likeness (QED) is 0.661. The van der Waals surface area contributed by atoms with Gasteiger partial charge in [0.2, 0.25) is 0 Å². The van der Waals surface area contributed by atoms with Gasteiger partial charge in [0.25, 0.3) is 0 Å². The van der Waals surface area contributed by atoms with Gasteiger partial charge in [0.05, 0.1) is 5.71 Å². The van der Waals surface area contributed by atoms with E-state index in [1.165, 1.54) is 0 Å². The molecule has 0 aromatic carbocycles. The summed E-state index contributed by atoms with van der Waals surface area (Å²) in [6.45, 7) is 3.84. The zero-order valence-electron chi connectivity index (χ0n) is 6.26. The first-order valence-corrected chi connectivity index (χ1v) is 4.02. The number of rotatable bonds is 1. The summed E-state index contributed by atoms with van der Waals surface area (Å²) in [5, 5.41) is 4.01. The number of halogens is 1. The Morgan fingerprint density at radius 1 is 1.55 bits per heavy atom. The lowest BCUT2D eigenvalue weighted by Gasteiger charge is -2.05. The molecular weight excluding hydrogens is 204 g/mol. The van der Waals surface area contributed by atoms with Crippen molar-refractivity contribution in [2.75, 3.05) is 7.05 Å². The van der Waals surface area contributed by atoms with Crippen molar-refractivity contribution in [3.05, 3.63) is 34.9 Å². The molecule has 0 bridgehead atoms. The van der Waals surface area contributed by atoms with Crippen LogP contribution in [0.25, 0.3) is 0 Å². The molecule has 0 fully saturated rings. The van der Waals surface area contributed by atoms with Crippen molar-refractivity contribution in [1.29, 1.82) is 0 Å². The zero-order valence-corrected chi connectivity index (χ0v) is 7.85. The van der Waals surface area contributed by atoms with E-state index < -0.39 is 0 Å². The molecule has 1 N–H and O–H groups in total. The molecule has 2 nitrogen and oxygen atoms in total. The predicted molar refractivity (Wildman–Crippen MR) is 51.8 cm³/mol. The first-order chi connectivity index (χ1) is 5.24. The first kappa shape index (κ1) is 8.27. The molecule has 1 aliphatic rings. The monoisotopic (exact) mass is 212 g/mol. The van der Waals surface area contributed by atoms with Crippen molar-refractivity contribution in [3.63, 3.8) is 0 Å². The van der Waals surface area contributed by atoms with E-state index in [0.29, 0.717) is 0 Å². The minimum Gasteiger partial charge on any atom is -0.313 e. The van der Waals surface area contributed by atoms with Crippen LogP contribution in [-0.2, 0) is 0 Å². The van der Waals surface area contributed by atoms with Crippen LogP contribution in [0.5, 0.6) is 0 Å². The van der Waals surface area contributed by atoms with Gasteiger partial charge in [-0.3, -0.25) is 0 Å². The Hall–Kier alpha value is -0.830. The van der Waals surface area contributed by atoms with Crippen LogP contribution in [0.1, 0.15) is 0 Å². The topological polar surface area (TPSA) is 24.4 Å². The Balaban J connectivity index is 2.86. The summed E-state index contributed by atoms with van der Waals surface area (Å²) >= 11 is 3.35. The van der Waals surface area contributed by atoms with E-state index in [9.17, 15) is 0 Å². The van der Waals surface area contributed by atoms with Crippen molar-refractivity contribution < 1.29 is 0 Å². The number of hydrazone groups is 1. The molecule has 0 saturated carbocycles. The van der Waals surface area contributed by atoms with Crippen molar-refractivity contribution in [3.8, 4) is 0 Å². The Labute approximate surface area is 74.5 Å². The lowest BCUT2D eigenvalue weighted by atomic mass is 10.1. The van der Waals surface area contributed by atoms with Gasteiger partial charge in [-0.15, -0.1) is 0 Å². The van der Waals surface area contributed by atoms with Crippen molar-refractivity contribution in [2.24, 2.45) is 5.10 Å². The Bertz CT molecular complexity index is 261. The number of hydrogen-bond acceptors (Lipinski definition) is 2. The molecule has 0 aromatic heterocycles. The second-order valence-corrected chi connectivity index (χ2v) is 3.02. The molecular formula is C8H9BrN2. The second kappa shape index (κ2) is 3.53. The third-order valence-corrected chi connectivity index (χ3v) is 1.77. The normalized spacial score (nSPS) is 20.4. The van der Waals surface area contributed by atoms with Crippen LogP contribution in [0.2, 0.25) is 0 Å². The third-order valence-electron chi connectivity index (χ3n) is 1.27. The highest BCUT2D eigenvalue weighted by atomic mass is 79.9. The molecule has 0 heterocycles. The lowest BCUT2D eigenvalue weighted by Crippen LogP contribution is -2.06. The molecule has 11 heavy (non-hydrogen) atoms. The van der Waals surface area contributed by atoms with Gasteiger partial charge < -0.3 is 5.43 Å². The van der Waals surface area contributed by atoms with E-state index in [4.69, 9.17) is 0 Å². The van der Waals surface area contributed by atoms with E-state index in [2.05, 4.69) is 33.0 Å². The molecule has 0 radical (unpaired) electrons. The summed E-state index contributed by atoms with van der Waals surface area (Å²) in [7, 11) is 1.77. The van der Waals surface area contributed by atoms with E-state index in [0.717, 1.165) is 15.8 Å². The fourth-order valence-electron chi connectivity index (χ4n) is 0.784. The fraction of sp³-hybridized carbons (Fsp3) is 0.125. The van der Waals surface area contributed by atoms with Crippen LogP contribution in [0.3, 0.4) is 0 Å². The van der Waals surface area contributed by atoms with Crippen LogP contribution in [-0.4, -0.2) is 12.8 Å². The summed E-state index contributed by atoms with van der Waals surface area (Å²) < 4.78 is 1.03. The SMILES string of the molecule is C=C1C=C(Br)C=C/C1=N/NC. The molecule has 0 spiro atoms. The molecule has 3 heteroatoms. The fourth-order valence-corrected chi connectivity index (χ4v) is 1.19. The van der Waals surface area contributed by atoms with Crippen molar-refractivity contribution >= 4 is 21.6 Å². The minimum atomic E-state index is 0.871. The average Bonchev–Trinajstić information content (AvgIpc) is 1.95. The van der Waals surface area contributed by atoms with Gasteiger partial charge in [-0.05, 0) is 23.8 Å². The largest absolute Gasteiger partial charge is 0.313 e. The van der Waals surface area contributed by atoms with Crippen LogP contribution < -0.4 is 5.43 Å². The van der Waals surface area contributed by atoms with Gasteiger partial charge >= 0.3 is 0 Å². The van der Waals surface area contributed by atoms with E-state index >= 15 is 0 Å². The van der Waals surface area contributed by atoms with Crippen LogP contribution in [0.4, 0.5) is 0 Å². The molecule has 0 atom stereocenters. The molecule has 0 saturated heterocycles. The van der Waals surface area contributed by atoms with Gasteiger partial charge in [-0.2, -0.15) is 5.10 Å². The number of nitrogens with one attached hydrogen (secondary N) is 1. The van der Waals surface area contributed by atoms with Crippen LogP contribution in [0.15, 0.2) is 40.0 Å². The average molecular weight is 213 g/mol.